The summed E-state index contributed by atoms with van der Waals surface area (Å²) in [5, 5.41) is 16.7. The zero-order valence-corrected chi connectivity index (χ0v) is 19.3. The average Bonchev–Trinajstić information content (AvgIpc) is 3.28. The van der Waals surface area contributed by atoms with Crippen LogP contribution in [0.3, 0.4) is 0 Å². The smallest absolute Gasteiger partial charge is 0.256 e. The number of rotatable bonds is 4. The average molecular weight is 431 g/mol. The van der Waals surface area contributed by atoms with Gasteiger partial charge in [0.2, 0.25) is 0 Å². The molecule has 0 saturated heterocycles. The van der Waals surface area contributed by atoms with Crippen LogP contribution in [-0.2, 0) is 12.0 Å². The van der Waals surface area contributed by atoms with E-state index in [4.69, 9.17) is 0 Å². The fraction of sp³-hybridized carbons (Fsp3) is 0.269. The summed E-state index contributed by atoms with van der Waals surface area (Å²) >= 11 is 0. The first-order chi connectivity index (χ1) is 15.3. The van der Waals surface area contributed by atoms with Crippen LogP contribution in [0.5, 0.6) is 0 Å². The molecular weight excluding hydrogens is 400 g/mol. The summed E-state index contributed by atoms with van der Waals surface area (Å²) in [5.41, 5.74) is 4.85. The molecule has 0 bridgehead atoms. The normalized spacial score (nSPS) is 11.1. The number of amides is 1. The van der Waals surface area contributed by atoms with Gasteiger partial charge in [0, 0.05) is 23.3 Å². The predicted octanol–water partition coefficient (Wildman–Crippen LogP) is 5.46. The van der Waals surface area contributed by atoms with E-state index in [0.29, 0.717) is 17.0 Å². The highest BCUT2D eigenvalue weighted by Gasteiger charge is 2.16. The molecule has 0 aliphatic carbocycles. The first kappa shape index (κ1) is 23.2. The van der Waals surface area contributed by atoms with Crippen molar-refractivity contribution in [3.63, 3.8) is 0 Å². The highest BCUT2D eigenvalue weighted by atomic mass is 16.3. The number of anilines is 1. The number of fused-ring (bicyclic) bond motifs is 1. The van der Waals surface area contributed by atoms with Gasteiger partial charge in [-0.1, -0.05) is 65.0 Å². The van der Waals surface area contributed by atoms with Crippen LogP contribution in [0.2, 0.25) is 0 Å². The Labute approximate surface area is 189 Å². The Bertz CT molecular complexity index is 1200. The van der Waals surface area contributed by atoms with Crippen molar-refractivity contribution >= 4 is 17.4 Å². The van der Waals surface area contributed by atoms with Gasteiger partial charge in [0.1, 0.15) is 5.82 Å². The van der Waals surface area contributed by atoms with Gasteiger partial charge < -0.3 is 10.4 Å². The van der Waals surface area contributed by atoms with Crippen molar-refractivity contribution in [1.82, 2.24) is 14.6 Å². The molecule has 0 atom stereocenters. The summed E-state index contributed by atoms with van der Waals surface area (Å²) in [7, 11) is 0. The first-order valence-electron chi connectivity index (χ1n) is 10.8. The molecule has 0 aliphatic rings. The van der Waals surface area contributed by atoms with E-state index in [1.165, 1.54) is 5.56 Å². The zero-order chi connectivity index (χ0) is 23.3. The lowest BCUT2D eigenvalue weighted by Gasteiger charge is -2.19. The van der Waals surface area contributed by atoms with Crippen molar-refractivity contribution in [2.45, 2.75) is 46.6 Å². The van der Waals surface area contributed by atoms with Crippen LogP contribution < -0.4 is 5.32 Å². The summed E-state index contributed by atoms with van der Waals surface area (Å²) in [6, 6.07) is 18.8. The number of carbonyl (C=O) groups is 1. The van der Waals surface area contributed by atoms with Crippen molar-refractivity contribution in [3.8, 4) is 11.3 Å². The van der Waals surface area contributed by atoms with E-state index in [2.05, 4.69) is 36.2 Å². The standard InChI is InChI=1S/C24H24N4O2.C2H6/c1-24(2,3)19-9-7-17(8-10-19)23(30)27-21-14-20(28-22(26-21)11-12-25-28)18-6-4-5-16(13-18)15-29;1-2/h4-14,29H,15H2,1-3H3,(H,26,27,30);1-2H3. The third kappa shape index (κ3) is 5.03. The van der Waals surface area contributed by atoms with Crippen LogP contribution in [0.15, 0.2) is 66.9 Å². The van der Waals surface area contributed by atoms with Gasteiger partial charge in [-0.15, -0.1) is 0 Å². The topological polar surface area (TPSA) is 79.5 Å². The summed E-state index contributed by atoms with van der Waals surface area (Å²) in [6.45, 7) is 10.4. The van der Waals surface area contributed by atoms with Crippen LogP contribution >= 0.6 is 0 Å². The molecule has 2 N–H and O–H groups in total. The number of aliphatic hydroxyl groups is 1. The maximum Gasteiger partial charge on any atom is 0.256 e. The SMILES string of the molecule is CC.CC(C)(C)c1ccc(C(=O)Nc2cc(-c3cccc(CO)c3)n3nccc3n2)cc1. The number of hydrogen-bond donors (Lipinski definition) is 2. The van der Waals surface area contributed by atoms with Gasteiger partial charge in [-0.25, -0.2) is 9.50 Å². The summed E-state index contributed by atoms with van der Waals surface area (Å²) in [6.07, 6.45) is 1.67. The van der Waals surface area contributed by atoms with Crippen molar-refractivity contribution in [3.05, 3.63) is 83.6 Å². The lowest BCUT2D eigenvalue weighted by Crippen LogP contribution is -2.15. The number of aromatic nitrogens is 3. The summed E-state index contributed by atoms with van der Waals surface area (Å²) in [4.78, 5) is 17.3. The number of benzene rings is 2. The third-order valence-corrected chi connectivity index (χ3v) is 5.02. The minimum Gasteiger partial charge on any atom is -0.392 e. The highest BCUT2D eigenvalue weighted by molar-refractivity contribution is 6.04. The Morgan fingerprint density at radius 1 is 1.03 bits per heavy atom. The minimum atomic E-state index is -0.220. The molecule has 0 saturated carbocycles. The van der Waals surface area contributed by atoms with E-state index < -0.39 is 0 Å². The number of nitrogens with zero attached hydrogens (tertiary/aromatic N) is 3. The fourth-order valence-corrected chi connectivity index (χ4v) is 3.32. The molecule has 2 heterocycles. The van der Waals surface area contributed by atoms with E-state index in [9.17, 15) is 9.90 Å². The molecule has 0 radical (unpaired) electrons. The van der Waals surface area contributed by atoms with Gasteiger partial charge in [0.25, 0.3) is 5.91 Å². The summed E-state index contributed by atoms with van der Waals surface area (Å²) < 4.78 is 1.71. The maximum absolute atomic E-state index is 12.8. The van der Waals surface area contributed by atoms with Crippen molar-refractivity contribution in [2.75, 3.05) is 5.32 Å². The van der Waals surface area contributed by atoms with E-state index >= 15 is 0 Å². The van der Waals surface area contributed by atoms with Gasteiger partial charge >= 0.3 is 0 Å². The molecule has 32 heavy (non-hydrogen) atoms. The Morgan fingerprint density at radius 2 is 1.75 bits per heavy atom. The number of hydrogen-bond acceptors (Lipinski definition) is 4. The molecular formula is C26H30N4O2. The van der Waals surface area contributed by atoms with Crippen molar-refractivity contribution in [2.24, 2.45) is 0 Å². The zero-order valence-electron chi connectivity index (χ0n) is 19.3. The van der Waals surface area contributed by atoms with Crippen LogP contribution in [0.1, 0.15) is 56.1 Å². The van der Waals surface area contributed by atoms with Gasteiger partial charge in [-0.2, -0.15) is 5.10 Å². The van der Waals surface area contributed by atoms with Crippen molar-refractivity contribution in [1.29, 1.82) is 0 Å². The lowest BCUT2D eigenvalue weighted by molar-refractivity contribution is 0.102. The second-order valence-electron chi connectivity index (χ2n) is 8.27. The molecule has 0 spiro atoms. The molecule has 0 aliphatic heterocycles. The maximum atomic E-state index is 12.8. The largest absolute Gasteiger partial charge is 0.392 e. The van der Waals surface area contributed by atoms with Gasteiger partial charge in [-0.3, -0.25) is 4.79 Å². The first-order valence-corrected chi connectivity index (χ1v) is 10.8. The lowest BCUT2D eigenvalue weighted by atomic mass is 9.87. The van der Waals surface area contributed by atoms with Crippen LogP contribution in [-0.4, -0.2) is 25.6 Å². The Kier molecular flexibility index (Phi) is 7.05. The Morgan fingerprint density at radius 3 is 2.41 bits per heavy atom. The number of aliphatic hydroxyl groups excluding tert-OH is 1. The van der Waals surface area contributed by atoms with Crippen LogP contribution in [0.25, 0.3) is 16.9 Å². The number of nitrogens with one attached hydrogen (secondary N) is 1. The van der Waals surface area contributed by atoms with Gasteiger partial charge in [0.15, 0.2) is 5.65 Å². The minimum absolute atomic E-state index is 0.0294. The second-order valence-corrected chi connectivity index (χ2v) is 8.27. The third-order valence-electron chi connectivity index (χ3n) is 5.02. The van der Waals surface area contributed by atoms with E-state index in [1.54, 1.807) is 22.8 Å². The molecule has 0 unspecified atom stereocenters. The molecule has 6 nitrogen and oxygen atoms in total. The molecule has 2 aromatic heterocycles. The molecule has 4 rings (SSSR count). The van der Waals surface area contributed by atoms with Crippen molar-refractivity contribution < 1.29 is 9.90 Å². The fourth-order valence-electron chi connectivity index (χ4n) is 3.32. The predicted molar refractivity (Wildman–Crippen MR) is 129 cm³/mol. The van der Waals surface area contributed by atoms with Crippen LogP contribution in [0, 0.1) is 0 Å². The molecule has 166 valence electrons. The Hall–Kier alpha value is -3.51. The van der Waals surface area contributed by atoms with Gasteiger partial charge in [-0.05, 0) is 34.7 Å². The Balaban J connectivity index is 0.00000141. The molecule has 4 aromatic rings. The second kappa shape index (κ2) is 9.75. The highest BCUT2D eigenvalue weighted by Crippen LogP contribution is 2.25. The molecule has 2 aromatic carbocycles. The van der Waals surface area contributed by atoms with E-state index in [1.807, 2.05) is 62.4 Å². The monoisotopic (exact) mass is 430 g/mol. The van der Waals surface area contributed by atoms with E-state index in [0.717, 1.165) is 16.8 Å². The molecule has 1 amide bonds. The molecule has 6 heteroatoms. The molecule has 0 fully saturated rings. The summed E-state index contributed by atoms with van der Waals surface area (Å²) in [5.74, 6) is 0.221. The van der Waals surface area contributed by atoms with Crippen LogP contribution in [0.4, 0.5) is 5.82 Å². The van der Waals surface area contributed by atoms with E-state index in [-0.39, 0.29) is 17.9 Å². The van der Waals surface area contributed by atoms with Gasteiger partial charge in [0.05, 0.1) is 18.5 Å². The quantitative estimate of drug-likeness (QED) is 0.450. The number of carbonyl (C=O) groups excluding carboxylic acids is 1.